The first-order valence-corrected chi connectivity index (χ1v) is 11.3. The highest BCUT2D eigenvalue weighted by Gasteiger charge is 2.35. The molecular weight excluding hydrogens is 488 g/mol. The molecule has 0 saturated heterocycles. The number of halogens is 4. The first kappa shape index (κ1) is 28.1. The number of rotatable bonds is 8. The summed E-state index contributed by atoms with van der Waals surface area (Å²) in [6.45, 7) is 10.8. The lowest BCUT2D eigenvalue weighted by atomic mass is 10.1. The maximum absolute atomic E-state index is 15.4. The summed E-state index contributed by atoms with van der Waals surface area (Å²) in [4.78, 5) is 24.1. The Labute approximate surface area is 204 Å². The molecule has 2 unspecified atom stereocenters. The number of thiazole rings is 1. The number of alkyl halides is 3. The minimum absolute atomic E-state index is 0.0416. The summed E-state index contributed by atoms with van der Waals surface area (Å²) >= 11 is 1.22. The Morgan fingerprint density at radius 3 is 2.49 bits per heavy atom. The number of carbonyl (C=O) groups excluding carboxylic acids is 1. The number of carbonyl (C=O) groups is 1. The summed E-state index contributed by atoms with van der Waals surface area (Å²) in [5.74, 6) is -2.95. The number of ether oxygens (including phenoxy) is 1. The van der Waals surface area contributed by atoms with Crippen LogP contribution >= 0.6 is 11.3 Å². The van der Waals surface area contributed by atoms with Gasteiger partial charge in [0.25, 0.3) is 5.91 Å². The normalized spacial score (nSPS) is 15.4. The van der Waals surface area contributed by atoms with Crippen LogP contribution in [0.15, 0.2) is 40.1 Å². The van der Waals surface area contributed by atoms with E-state index in [1.165, 1.54) is 44.2 Å². The van der Waals surface area contributed by atoms with Crippen molar-refractivity contribution in [3.63, 3.8) is 0 Å². The summed E-state index contributed by atoms with van der Waals surface area (Å²) in [6, 6.07) is 1.80. The summed E-state index contributed by atoms with van der Waals surface area (Å²) in [5.41, 5.74) is -0.0509. The van der Waals surface area contributed by atoms with E-state index in [9.17, 15) is 23.1 Å². The van der Waals surface area contributed by atoms with E-state index in [0.29, 0.717) is 5.01 Å². The number of aryl methyl sites for hydroxylation is 1. The summed E-state index contributed by atoms with van der Waals surface area (Å²) in [7, 11) is 0. The first-order chi connectivity index (χ1) is 16.2. The number of hydrogen-bond acceptors (Lipinski definition) is 6. The predicted molar refractivity (Wildman–Crippen MR) is 128 cm³/mol. The van der Waals surface area contributed by atoms with E-state index in [0.717, 1.165) is 11.1 Å². The fraction of sp³-hybridized carbons (Fsp3) is 0.391. The summed E-state index contributed by atoms with van der Waals surface area (Å²) < 4.78 is 59.4. The van der Waals surface area contributed by atoms with Gasteiger partial charge in [-0.05, 0) is 59.0 Å². The average molecular weight is 515 g/mol. The second-order valence-corrected chi connectivity index (χ2v) is 9.08. The van der Waals surface area contributed by atoms with E-state index in [-0.39, 0.29) is 22.4 Å². The highest BCUT2D eigenvalue weighted by Crippen LogP contribution is 2.33. The largest absolute Gasteiger partial charge is 0.488 e. The van der Waals surface area contributed by atoms with Crippen molar-refractivity contribution in [1.82, 2.24) is 10.3 Å². The average Bonchev–Trinajstić information content (AvgIpc) is 3.19. The van der Waals surface area contributed by atoms with Gasteiger partial charge < -0.3 is 15.2 Å². The van der Waals surface area contributed by atoms with Crippen molar-refractivity contribution in [3.8, 4) is 16.3 Å². The number of amidine groups is 1. The molecule has 7 nitrogen and oxygen atoms in total. The van der Waals surface area contributed by atoms with Gasteiger partial charge in [0.2, 0.25) is 5.84 Å². The Kier molecular flexibility index (Phi) is 9.27. The van der Waals surface area contributed by atoms with Gasteiger partial charge in [-0.2, -0.15) is 13.2 Å². The van der Waals surface area contributed by atoms with E-state index < -0.39 is 42.0 Å². The molecule has 0 aliphatic carbocycles. The van der Waals surface area contributed by atoms with E-state index in [4.69, 9.17) is 4.74 Å². The Balaban J connectivity index is 2.40. The molecule has 0 saturated carbocycles. The van der Waals surface area contributed by atoms with Gasteiger partial charge in [0, 0.05) is 23.3 Å². The number of aliphatic hydroxyl groups is 1. The van der Waals surface area contributed by atoms with Crippen LogP contribution in [-0.4, -0.2) is 53.0 Å². The molecule has 1 aromatic heterocycles. The van der Waals surface area contributed by atoms with Crippen molar-refractivity contribution in [3.05, 3.63) is 46.4 Å². The second kappa shape index (κ2) is 11.5. The fourth-order valence-electron chi connectivity index (χ4n) is 2.65. The van der Waals surface area contributed by atoms with Crippen LogP contribution in [0.25, 0.3) is 10.6 Å². The van der Waals surface area contributed by atoms with Gasteiger partial charge in [-0.15, -0.1) is 11.3 Å². The van der Waals surface area contributed by atoms with Crippen LogP contribution in [0.4, 0.5) is 17.6 Å². The summed E-state index contributed by atoms with van der Waals surface area (Å²) in [5, 5.41) is 12.6. The molecule has 2 aromatic rings. The van der Waals surface area contributed by atoms with Crippen LogP contribution in [0.1, 0.15) is 42.9 Å². The molecular formula is C23H26F4N4O3S. The van der Waals surface area contributed by atoms with Crippen LogP contribution in [0.3, 0.4) is 0 Å². The Hall–Kier alpha value is -3.12. The molecule has 3 atom stereocenters. The van der Waals surface area contributed by atoms with E-state index in [2.05, 4.69) is 27.0 Å². The monoisotopic (exact) mass is 514 g/mol. The molecule has 1 heterocycles. The smallest absolute Gasteiger partial charge is 0.451 e. The topological polar surface area (TPSA) is 96.2 Å². The standard InChI is InChI=1S/C23H26F4N4O3S/c1-11(9-30-22(28-6)23(25,26)27)13(3)31-20(33)17-7-16(34-15(5)14(4)32)8-18(19(17)24)21-29-10-12(2)35-21/h7-10,13-15,32H,6H2,1-5H3,(H,31,33)/b11-9+,30-22?/t13-,14?,15?/m1/s1. The molecule has 190 valence electrons. The quantitative estimate of drug-likeness (QED) is 0.291. The van der Waals surface area contributed by atoms with Gasteiger partial charge in [0.15, 0.2) is 0 Å². The molecule has 2 N–H and O–H groups in total. The number of nitrogens with zero attached hydrogens (tertiary/aromatic N) is 3. The molecule has 0 spiro atoms. The molecule has 0 aliphatic rings. The van der Waals surface area contributed by atoms with Gasteiger partial charge in [-0.25, -0.2) is 19.4 Å². The number of aliphatic imine (C=N–C) groups is 2. The van der Waals surface area contributed by atoms with Crippen LogP contribution in [0.5, 0.6) is 5.75 Å². The lowest BCUT2D eigenvalue weighted by molar-refractivity contribution is -0.0596. The molecule has 1 aromatic carbocycles. The lowest BCUT2D eigenvalue weighted by Crippen LogP contribution is -2.34. The van der Waals surface area contributed by atoms with E-state index in [1.807, 2.05) is 0 Å². The number of benzene rings is 1. The van der Waals surface area contributed by atoms with Crippen LogP contribution < -0.4 is 10.1 Å². The van der Waals surface area contributed by atoms with Gasteiger partial charge in [0.05, 0.1) is 17.2 Å². The molecule has 35 heavy (non-hydrogen) atoms. The molecule has 0 fully saturated rings. The maximum Gasteiger partial charge on any atom is 0.451 e. The van der Waals surface area contributed by atoms with Crippen molar-refractivity contribution in [1.29, 1.82) is 0 Å². The zero-order valence-corrected chi connectivity index (χ0v) is 20.6. The predicted octanol–water partition coefficient (Wildman–Crippen LogP) is 5.09. The second-order valence-electron chi connectivity index (χ2n) is 7.85. The minimum atomic E-state index is -4.78. The SMILES string of the molecule is C=NC(=N/C=C(\C)[C@@H](C)NC(=O)c1cc(OC(C)C(C)O)cc(-c2ncc(C)s2)c1F)C(F)(F)F. The maximum atomic E-state index is 15.4. The number of aliphatic hydroxyl groups excluding tert-OH is 1. The molecule has 0 aliphatic heterocycles. The highest BCUT2D eigenvalue weighted by atomic mass is 32.1. The van der Waals surface area contributed by atoms with Gasteiger partial charge in [0.1, 0.15) is 22.7 Å². The van der Waals surface area contributed by atoms with Crippen LogP contribution in [0, 0.1) is 12.7 Å². The highest BCUT2D eigenvalue weighted by molar-refractivity contribution is 7.14. The van der Waals surface area contributed by atoms with E-state index in [1.54, 1.807) is 20.0 Å². The third kappa shape index (κ3) is 7.43. The van der Waals surface area contributed by atoms with Gasteiger partial charge in [-0.3, -0.25) is 4.79 Å². The number of nitrogens with one attached hydrogen (secondary N) is 1. The fourth-order valence-corrected chi connectivity index (χ4v) is 3.42. The third-order valence-electron chi connectivity index (χ3n) is 4.97. The van der Waals surface area contributed by atoms with Crippen molar-refractivity contribution < 1.29 is 32.2 Å². The minimum Gasteiger partial charge on any atom is -0.488 e. The molecule has 2 rings (SSSR count). The molecule has 12 heteroatoms. The zero-order chi connectivity index (χ0) is 26.5. The Bertz CT molecular complexity index is 1140. The molecule has 1 amide bonds. The lowest BCUT2D eigenvalue weighted by Gasteiger charge is -2.20. The molecule has 0 bridgehead atoms. The van der Waals surface area contributed by atoms with Crippen molar-refractivity contribution in [2.24, 2.45) is 9.98 Å². The van der Waals surface area contributed by atoms with Crippen molar-refractivity contribution in [2.75, 3.05) is 0 Å². The number of amides is 1. The first-order valence-electron chi connectivity index (χ1n) is 10.4. The summed E-state index contributed by atoms with van der Waals surface area (Å²) in [6.07, 6.45) is -3.78. The Morgan fingerprint density at radius 1 is 1.31 bits per heavy atom. The number of hydrogen-bond donors (Lipinski definition) is 2. The molecule has 0 radical (unpaired) electrons. The van der Waals surface area contributed by atoms with Gasteiger partial charge >= 0.3 is 6.18 Å². The van der Waals surface area contributed by atoms with Crippen LogP contribution in [-0.2, 0) is 0 Å². The van der Waals surface area contributed by atoms with Crippen molar-refractivity contribution >= 4 is 29.8 Å². The van der Waals surface area contributed by atoms with Gasteiger partial charge in [-0.1, -0.05) is 0 Å². The Morgan fingerprint density at radius 2 is 1.97 bits per heavy atom. The third-order valence-corrected chi connectivity index (χ3v) is 5.91. The van der Waals surface area contributed by atoms with E-state index >= 15 is 4.39 Å². The van der Waals surface area contributed by atoms with Crippen LogP contribution in [0.2, 0.25) is 0 Å². The van der Waals surface area contributed by atoms with Crippen molar-refractivity contribution in [2.45, 2.75) is 59.0 Å². The zero-order valence-electron chi connectivity index (χ0n) is 19.8. The number of aromatic nitrogens is 1.